The first-order valence-corrected chi connectivity index (χ1v) is 8.60. The quantitative estimate of drug-likeness (QED) is 0.938. The average Bonchev–Trinajstić information content (AvgIpc) is 3.29. The maximum Gasteiger partial charge on any atom is 0.0956 e. The van der Waals surface area contributed by atoms with Gasteiger partial charge in [0.15, 0.2) is 0 Å². The molecule has 22 heavy (non-hydrogen) atoms. The Morgan fingerprint density at radius 1 is 1.23 bits per heavy atom. The lowest BCUT2D eigenvalue weighted by molar-refractivity contribution is 0.0594. The van der Waals surface area contributed by atoms with Crippen molar-refractivity contribution in [3.05, 3.63) is 42.4 Å². The predicted molar refractivity (Wildman–Crippen MR) is 85.4 cm³/mol. The van der Waals surface area contributed by atoms with Crippen LogP contribution in [0.3, 0.4) is 0 Å². The molecule has 2 saturated carbocycles. The van der Waals surface area contributed by atoms with Gasteiger partial charge in [0, 0.05) is 5.56 Å². The Morgan fingerprint density at radius 2 is 2.14 bits per heavy atom. The van der Waals surface area contributed by atoms with Crippen molar-refractivity contribution in [3.63, 3.8) is 0 Å². The number of aromatic nitrogens is 2. The van der Waals surface area contributed by atoms with E-state index >= 15 is 0 Å². The number of imidazole rings is 1. The van der Waals surface area contributed by atoms with E-state index in [4.69, 9.17) is 0 Å². The molecule has 3 heteroatoms. The smallest absolute Gasteiger partial charge is 0.0956 e. The summed E-state index contributed by atoms with van der Waals surface area (Å²) in [5.41, 5.74) is 3.83. The van der Waals surface area contributed by atoms with E-state index in [9.17, 15) is 5.11 Å². The van der Waals surface area contributed by atoms with E-state index in [1.54, 1.807) is 0 Å². The number of hydrogen-bond donors (Lipinski definition) is 1. The minimum Gasteiger partial charge on any atom is -0.393 e. The van der Waals surface area contributed by atoms with Gasteiger partial charge in [-0.1, -0.05) is 30.7 Å². The minimum absolute atomic E-state index is 0.179. The first kappa shape index (κ1) is 12.9. The average molecular weight is 294 g/mol. The van der Waals surface area contributed by atoms with Crippen LogP contribution in [0.1, 0.15) is 43.7 Å². The van der Waals surface area contributed by atoms with Crippen molar-refractivity contribution in [3.8, 4) is 11.3 Å². The van der Waals surface area contributed by atoms with Gasteiger partial charge < -0.3 is 9.67 Å². The van der Waals surface area contributed by atoms with Crippen LogP contribution in [0.15, 0.2) is 36.8 Å². The van der Waals surface area contributed by atoms with Crippen molar-refractivity contribution in [2.45, 2.75) is 44.2 Å². The van der Waals surface area contributed by atoms with Crippen LogP contribution in [0.25, 0.3) is 11.3 Å². The lowest BCUT2D eigenvalue weighted by Crippen LogP contribution is -2.28. The van der Waals surface area contributed by atoms with Gasteiger partial charge in [-0.25, -0.2) is 4.98 Å². The van der Waals surface area contributed by atoms with Gasteiger partial charge in [-0.05, 0) is 49.0 Å². The Labute approximate surface area is 131 Å². The largest absolute Gasteiger partial charge is 0.393 e. The Hall–Kier alpha value is -1.61. The molecule has 2 aromatic rings. The van der Waals surface area contributed by atoms with Crippen LogP contribution < -0.4 is 0 Å². The molecule has 3 aliphatic rings. The molecule has 4 unspecified atom stereocenters. The van der Waals surface area contributed by atoms with Gasteiger partial charge in [0.1, 0.15) is 0 Å². The number of nitrogens with zero attached hydrogens (tertiary/aromatic N) is 2. The first-order valence-electron chi connectivity index (χ1n) is 8.60. The van der Waals surface area contributed by atoms with E-state index in [0.717, 1.165) is 18.3 Å². The molecular formula is C19H22N2O. The van der Waals surface area contributed by atoms with Crippen molar-refractivity contribution in [1.29, 1.82) is 0 Å². The molecule has 114 valence electrons. The number of aliphatic hydroxyl groups is 1. The fourth-order valence-electron chi connectivity index (χ4n) is 5.34. The molecule has 0 spiro atoms. The monoisotopic (exact) mass is 294 g/mol. The second kappa shape index (κ2) is 4.69. The number of aliphatic hydroxyl groups excluding tert-OH is 1. The molecule has 0 saturated heterocycles. The zero-order valence-corrected chi connectivity index (χ0v) is 12.7. The number of rotatable bonds is 3. The summed E-state index contributed by atoms with van der Waals surface area (Å²) in [6.45, 7) is 0. The van der Waals surface area contributed by atoms with Gasteiger partial charge in [-0.2, -0.15) is 0 Å². The van der Waals surface area contributed by atoms with Crippen molar-refractivity contribution >= 4 is 0 Å². The minimum atomic E-state index is -0.179. The summed E-state index contributed by atoms with van der Waals surface area (Å²) in [6, 6.07) is 8.83. The highest BCUT2D eigenvalue weighted by Gasteiger charge is 2.43. The maximum atomic E-state index is 10.9. The van der Waals surface area contributed by atoms with Crippen LogP contribution in [0, 0.1) is 17.8 Å². The van der Waals surface area contributed by atoms with Gasteiger partial charge >= 0.3 is 0 Å². The molecule has 0 amide bonds. The summed E-state index contributed by atoms with van der Waals surface area (Å²) >= 11 is 0. The van der Waals surface area contributed by atoms with E-state index in [0.29, 0.717) is 5.92 Å². The van der Waals surface area contributed by atoms with Crippen LogP contribution in [0.2, 0.25) is 0 Å². The van der Waals surface area contributed by atoms with Gasteiger partial charge in [0.25, 0.3) is 0 Å². The van der Waals surface area contributed by atoms with Crippen LogP contribution in [-0.2, 0) is 0 Å². The van der Waals surface area contributed by atoms with Gasteiger partial charge in [-0.3, -0.25) is 0 Å². The van der Waals surface area contributed by atoms with Gasteiger partial charge in [0.05, 0.1) is 30.4 Å². The fourth-order valence-corrected chi connectivity index (χ4v) is 5.34. The van der Waals surface area contributed by atoms with Crippen molar-refractivity contribution in [2.24, 2.45) is 17.8 Å². The molecule has 1 aromatic carbocycles. The molecule has 5 rings (SSSR count). The second-order valence-corrected chi connectivity index (χ2v) is 7.43. The molecule has 1 aromatic heterocycles. The molecule has 2 fully saturated rings. The molecule has 5 atom stereocenters. The highest BCUT2D eigenvalue weighted by Crippen LogP contribution is 2.51. The standard InChI is InChI=1S/C19H22N2O/c22-19(16-8-12-5-6-13(16)7-12)9-17-14-3-1-2-4-15(14)18-10-20-11-21(17)18/h1-4,10-13,16-17,19,22H,5-9H2/t12-,13?,16?,17?,19?/m0/s1. The molecular weight excluding hydrogens is 272 g/mol. The van der Waals surface area contributed by atoms with Crippen LogP contribution in [0.4, 0.5) is 0 Å². The normalized spacial score (nSPS) is 33.0. The van der Waals surface area contributed by atoms with E-state index in [1.165, 1.54) is 42.5 Å². The predicted octanol–water partition coefficient (Wildman–Crippen LogP) is 3.64. The number of benzene rings is 1. The van der Waals surface area contributed by atoms with E-state index < -0.39 is 0 Å². The molecule has 0 radical (unpaired) electrons. The molecule has 3 nitrogen and oxygen atoms in total. The number of hydrogen-bond acceptors (Lipinski definition) is 2. The third-order valence-electron chi connectivity index (χ3n) is 6.35. The second-order valence-electron chi connectivity index (χ2n) is 7.43. The third-order valence-corrected chi connectivity index (χ3v) is 6.35. The van der Waals surface area contributed by atoms with E-state index in [1.807, 2.05) is 12.5 Å². The Kier molecular flexibility index (Phi) is 2.75. The Bertz CT molecular complexity index is 707. The lowest BCUT2D eigenvalue weighted by Gasteiger charge is -2.29. The van der Waals surface area contributed by atoms with Gasteiger partial charge in [-0.15, -0.1) is 0 Å². The molecule has 2 bridgehead atoms. The summed E-state index contributed by atoms with van der Waals surface area (Å²) < 4.78 is 2.25. The third kappa shape index (κ3) is 1.75. The lowest BCUT2D eigenvalue weighted by atomic mass is 9.82. The maximum absolute atomic E-state index is 10.9. The zero-order valence-electron chi connectivity index (χ0n) is 12.7. The number of fused-ring (bicyclic) bond motifs is 5. The highest BCUT2D eigenvalue weighted by atomic mass is 16.3. The SMILES string of the molecule is OC(CC1c2ccccc2-c2cncn21)C1C[C@H]2CCC1C2. The molecule has 2 aliphatic carbocycles. The highest BCUT2D eigenvalue weighted by molar-refractivity contribution is 5.68. The topological polar surface area (TPSA) is 38.1 Å². The fraction of sp³-hybridized carbons (Fsp3) is 0.526. The van der Waals surface area contributed by atoms with Crippen molar-refractivity contribution < 1.29 is 5.11 Å². The van der Waals surface area contributed by atoms with Crippen LogP contribution >= 0.6 is 0 Å². The zero-order chi connectivity index (χ0) is 14.7. The van der Waals surface area contributed by atoms with Gasteiger partial charge in [0.2, 0.25) is 0 Å². The summed E-state index contributed by atoms with van der Waals surface area (Å²) in [4.78, 5) is 4.32. The summed E-state index contributed by atoms with van der Waals surface area (Å²) in [5, 5.41) is 10.9. The molecule has 1 aliphatic heterocycles. The van der Waals surface area contributed by atoms with Crippen LogP contribution in [-0.4, -0.2) is 20.8 Å². The molecule has 1 N–H and O–H groups in total. The summed E-state index contributed by atoms with van der Waals surface area (Å²) in [6.07, 6.45) is 9.86. The molecule has 2 heterocycles. The van der Waals surface area contributed by atoms with Crippen molar-refractivity contribution in [2.75, 3.05) is 0 Å². The van der Waals surface area contributed by atoms with E-state index in [-0.39, 0.29) is 12.1 Å². The van der Waals surface area contributed by atoms with Crippen LogP contribution in [0.5, 0.6) is 0 Å². The Morgan fingerprint density at radius 3 is 2.95 bits per heavy atom. The first-order chi connectivity index (χ1) is 10.8. The van der Waals surface area contributed by atoms with E-state index in [2.05, 4.69) is 33.8 Å². The Balaban J connectivity index is 1.44. The summed E-state index contributed by atoms with van der Waals surface area (Å²) in [7, 11) is 0. The summed E-state index contributed by atoms with van der Waals surface area (Å²) in [5.74, 6) is 2.20. The van der Waals surface area contributed by atoms with Crippen molar-refractivity contribution in [1.82, 2.24) is 9.55 Å².